The van der Waals surface area contributed by atoms with Crippen molar-refractivity contribution in [2.45, 2.75) is 44.6 Å². The van der Waals surface area contributed by atoms with Crippen molar-refractivity contribution in [3.05, 3.63) is 0 Å². The predicted molar refractivity (Wildman–Crippen MR) is 57.4 cm³/mol. The first-order chi connectivity index (χ1) is 6.83. The Hall–Kier alpha value is -0.120. The van der Waals surface area contributed by atoms with Crippen molar-refractivity contribution < 1.29 is 9.84 Å². The molecule has 0 amide bonds. The van der Waals surface area contributed by atoms with E-state index in [1.807, 2.05) is 6.92 Å². The zero-order valence-corrected chi connectivity index (χ0v) is 9.22. The number of aliphatic hydroxyl groups excluding tert-OH is 1. The lowest BCUT2D eigenvalue weighted by Gasteiger charge is -2.36. The fourth-order valence-electron chi connectivity index (χ4n) is 2.15. The highest BCUT2D eigenvalue weighted by Gasteiger charge is 2.30. The first-order valence-corrected chi connectivity index (χ1v) is 5.76. The molecule has 0 saturated heterocycles. The van der Waals surface area contributed by atoms with Crippen LogP contribution in [0.5, 0.6) is 0 Å². The molecule has 1 saturated carbocycles. The third-order valence-electron chi connectivity index (χ3n) is 3.06. The van der Waals surface area contributed by atoms with Crippen molar-refractivity contribution in [1.82, 2.24) is 5.32 Å². The van der Waals surface area contributed by atoms with Gasteiger partial charge in [-0.2, -0.15) is 0 Å². The van der Waals surface area contributed by atoms with Crippen molar-refractivity contribution in [3.63, 3.8) is 0 Å². The molecule has 84 valence electrons. The number of rotatable bonds is 6. The summed E-state index contributed by atoms with van der Waals surface area (Å²) in [6.45, 7) is 4.64. The lowest BCUT2D eigenvalue weighted by Crippen LogP contribution is -2.50. The first kappa shape index (κ1) is 12.0. The van der Waals surface area contributed by atoms with Crippen LogP contribution in [0.1, 0.15) is 39.0 Å². The van der Waals surface area contributed by atoms with Crippen LogP contribution in [-0.4, -0.2) is 37.0 Å². The molecule has 14 heavy (non-hydrogen) atoms. The van der Waals surface area contributed by atoms with Crippen LogP contribution in [-0.2, 0) is 4.74 Å². The second kappa shape index (κ2) is 6.38. The average Bonchev–Trinajstić information content (AvgIpc) is 2.26. The molecule has 0 aromatic heterocycles. The number of hydrogen-bond donors (Lipinski definition) is 2. The Labute approximate surface area is 86.8 Å². The van der Waals surface area contributed by atoms with E-state index in [-0.39, 0.29) is 12.1 Å². The van der Waals surface area contributed by atoms with Crippen molar-refractivity contribution >= 4 is 0 Å². The summed E-state index contributed by atoms with van der Waals surface area (Å²) < 4.78 is 5.27. The van der Waals surface area contributed by atoms with Crippen molar-refractivity contribution in [2.24, 2.45) is 0 Å². The van der Waals surface area contributed by atoms with E-state index in [1.54, 1.807) is 0 Å². The summed E-state index contributed by atoms with van der Waals surface area (Å²) in [6, 6.07) is 0. The molecule has 0 heterocycles. The third kappa shape index (κ3) is 3.56. The van der Waals surface area contributed by atoms with Crippen LogP contribution >= 0.6 is 0 Å². The number of aliphatic hydroxyl groups is 1. The van der Waals surface area contributed by atoms with Gasteiger partial charge in [-0.1, -0.05) is 19.3 Å². The molecule has 0 spiro atoms. The smallest absolute Gasteiger partial charge is 0.0613 e. The molecule has 3 heteroatoms. The molecular weight excluding hydrogens is 178 g/mol. The van der Waals surface area contributed by atoms with Crippen LogP contribution in [0.15, 0.2) is 0 Å². The van der Waals surface area contributed by atoms with Crippen LogP contribution in [0.3, 0.4) is 0 Å². The molecule has 1 aliphatic rings. The molecular formula is C11H23NO2. The van der Waals surface area contributed by atoms with E-state index in [2.05, 4.69) is 5.32 Å². The molecule has 0 bridgehead atoms. The molecule has 0 unspecified atom stereocenters. The largest absolute Gasteiger partial charge is 0.394 e. The molecule has 1 rings (SSSR count). The molecule has 0 atom stereocenters. The predicted octanol–water partition coefficient (Wildman–Crippen LogP) is 1.31. The van der Waals surface area contributed by atoms with Gasteiger partial charge in [0.05, 0.1) is 13.2 Å². The van der Waals surface area contributed by atoms with Gasteiger partial charge in [0.1, 0.15) is 0 Å². The van der Waals surface area contributed by atoms with Crippen LogP contribution in [0.25, 0.3) is 0 Å². The van der Waals surface area contributed by atoms with Gasteiger partial charge >= 0.3 is 0 Å². The van der Waals surface area contributed by atoms with Crippen LogP contribution in [0.4, 0.5) is 0 Å². The molecule has 0 aromatic rings. The molecule has 1 aliphatic carbocycles. The Kier molecular flexibility index (Phi) is 5.45. The lowest BCUT2D eigenvalue weighted by atomic mass is 9.82. The highest BCUT2D eigenvalue weighted by Crippen LogP contribution is 2.27. The van der Waals surface area contributed by atoms with Gasteiger partial charge in [-0.05, 0) is 19.8 Å². The lowest BCUT2D eigenvalue weighted by molar-refractivity contribution is 0.0972. The average molecular weight is 201 g/mol. The molecule has 0 radical (unpaired) electrons. The maximum absolute atomic E-state index is 9.39. The highest BCUT2D eigenvalue weighted by molar-refractivity contribution is 4.89. The Morgan fingerprint density at radius 2 is 2.00 bits per heavy atom. The van der Waals surface area contributed by atoms with Crippen LogP contribution < -0.4 is 5.32 Å². The van der Waals surface area contributed by atoms with Gasteiger partial charge < -0.3 is 15.2 Å². The van der Waals surface area contributed by atoms with Gasteiger partial charge in [0, 0.05) is 18.7 Å². The Balaban J connectivity index is 2.22. The Bertz CT molecular complexity index is 144. The third-order valence-corrected chi connectivity index (χ3v) is 3.06. The normalized spacial score (nSPS) is 21.0. The van der Waals surface area contributed by atoms with Gasteiger partial charge in [-0.3, -0.25) is 0 Å². The van der Waals surface area contributed by atoms with Gasteiger partial charge in [0.15, 0.2) is 0 Å². The maximum Gasteiger partial charge on any atom is 0.0613 e. The highest BCUT2D eigenvalue weighted by atomic mass is 16.5. The van der Waals surface area contributed by atoms with Crippen molar-refractivity contribution in [2.75, 3.05) is 26.4 Å². The van der Waals surface area contributed by atoms with E-state index < -0.39 is 0 Å². The van der Waals surface area contributed by atoms with Crippen LogP contribution in [0.2, 0.25) is 0 Å². The summed E-state index contributed by atoms with van der Waals surface area (Å²) in [5.41, 5.74) is -0.00461. The number of hydrogen-bond acceptors (Lipinski definition) is 3. The SMILES string of the molecule is CCOCCNC1(CO)CCCCC1. The van der Waals surface area contributed by atoms with Gasteiger partial charge in [-0.25, -0.2) is 0 Å². The zero-order chi connectivity index (χ0) is 10.3. The maximum atomic E-state index is 9.39. The van der Waals surface area contributed by atoms with Gasteiger partial charge in [0.25, 0.3) is 0 Å². The monoisotopic (exact) mass is 201 g/mol. The minimum atomic E-state index is -0.00461. The van der Waals surface area contributed by atoms with Crippen molar-refractivity contribution in [1.29, 1.82) is 0 Å². The van der Waals surface area contributed by atoms with Gasteiger partial charge in [-0.15, -0.1) is 0 Å². The Morgan fingerprint density at radius 3 is 2.57 bits per heavy atom. The second-order valence-corrected chi connectivity index (χ2v) is 4.12. The topological polar surface area (TPSA) is 41.5 Å². The van der Waals surface area contributed by atoms with Gasteiger partial charge in [0.2, 0.25) is 0 Å². The summed E-state index contributed by atoms with van der Waals surface area (Å²) in [7, 11) is 0. The summed E-state index contributed by atoms with van der Waals surface area (Å²) in [5, 5.41) is 12.8. The summed E-state index contributed by atoms with van der Waals surface area (Å²) in [6.07, 6.45) is 6.00. The molecule has 2 N–H and O–H groups in total. The molecule has 0 aromatic carbocycles. The Morgan fingerprint density at radius 1 is 1.29 bits per heavy atom. The summed E-state index contributed by atoms with van der Waals surface area (Å²) in [5.74, 6) is 0. The van der Waals surface area contributed by atoms with Crippen LogP contribution in [0, 0.1) is 0 Å². The van der Waals surface area contributed by atoms with Crippen molar-refractivity contribution in [3.8, 4) is 0 Å². The fraction of sp³-hybridized carbons (Fsp3) is 1.00. The molecule has 0 aliphatic heterocycles. The quantitative estimate of drug-likeness (QED) is 0.637. The van der Waals surface area contributed by atoms with E-state index in [1.165, 1.54) is 19.3 Å². The first-order valence-electron chi connectivity index (χ1n) is 5.76. The molecule has 1 fully saturated rings. The summed E-state index contributed by atoms with van der Waals surface area (Å²) in [4.78, 5) is 0. The van der Waals surface area contributed by atoms with E-state index >= 15 is 0 Å². The van der Waals surface area contributed by atoms with E-state index in [4.69, 9.17) is 4.74 Å². The second-order valence-electron chi connectivity index (χ2n) is 4.12. The fourth-order valence-corrected chi connectivity index (χ4v) is 2.15. The minimum absolute atomic E-state index is 0.00461. The zero-order valence-electron chi connectivity index (χ0n) is 9.22. The van der Waals surface area contributed by atoms with E-state index in [9.17, 15) is 5.11 Å². The van der Waals surface area contributed by atoms with E-state index in [0.717, 1.165) is 32.6 Å². The standard InChI is InChI=1S/C11H23NO2/c1-2-14-9-8-12-11(10-13)6-4-3-5-7-11/h12-13H,2-10H2,1H3. The minimum Gasteiger partial charge on any atom is -0.394 e. The molecule has 3 nitrogen and oxygen atoms in total. The number of ether oxygens (including phenoxy) is 1. The summed E-state index contributed by atoms with van der Waals surface area (Å²) >= 11 is 0. The number of nitrogens with one attached hydrogen (secondary N) is 1. The van der Waals surface area contributed by atoms with E-state index in [0.29, 0.717) is 0 Å².